The minimum atomic E-state index is -0.494. The molecule has 7 heteroatoms. The van der Waals surface area contributed by atoms with E-state index in [0.717, 1.165) is 0 Å². The number of rotatable bonds is 5. The lowest BCUT2D eigenvalue weighted by atomic mass is 10.1. The van der Waals surface area contributed by atoms with E-state index in [9.17, 15) is 9.59 Å². The molecule has 0 unspecified atom stereocenters. The Morgan fingerprint density at radius 1 is 1.41 bits per heavy atom. The Hall–Kier alpha value is -2.41. The van der Waals surface area contributed by atoms with Gasteiger partial charge in [0, 0.05) is 19.3 Å². The van der Waals surface area contributed by atoms with Crippen LogP contribution in [-0.2, 0) is 9.59 Å². The fraction of sp³-hybridized carbons (Fsp3) is 0.267. The molecule has 0 bridgehead atoms. The minimum Gasteiger partial charge on any atom is -0.495 e. The minimum absolute atomic E-state index is 0.0388. The van der Waals surface area contributed by atoms with Crippen molar-refractivity contribution in [2.45, 2.75) is 6.92 Å². The smallest absolute Gasteiger partial charge is 0.260 e. The predicted molar refractivity (Wildman–Crippen MR) is 87.7 cm³/mol. The summed E-state index contributed by atoms with van der Waals surface area (Å²) >= 11 is 5.11. The summed E-state index contributed by atoms with van der Waals surface area (Å²) in [5.74, 6) is -0.300. The number of Topliss-reactive ketones (excluding diaryl/α,β-unsaturated/α-hetero) is 1. The number of ether oxygens (including phenoxy) is 1. The number of amides is 1. The third kappa shape index (κ3) is 3.62. The van der Waals surface area contributed by atoms with Gasteiger partial charge in [0.2, 0.25) is 0 Å². The molecule has 1 heterocycles. The molecule has 0 atom stereocenters. The molecule has 0 saturated carbocycles. The monoisotopic (exact) mass is 319 g/mol. The lowest BCUT2D eigenvalue weighted by Gasteiger charge is -2.14. The molecule has 0 aliphatic carbocycles. The fourth-order valence-electron chi connectivity index (χ4n) is 2.01. The van der Waals surface area contributed by atoms with Gasteiger partial charge in [0.1, 0.15) is 5.75 Å². The lowest BCUT2D eigenvalue weighted by Crippen LogP contribution is -2.27. The summed E-state index contributed by atoms with van der Waals surface area (Å²) < 4.78 is 5.18. The summed E-state index contributed by atoms with van der Waals surface area (Å²) in [6.07, 6.45) is 1.48. The van der Waals surface area contributed by atoms with Crippen molar-refractivity contribution in [2.24, 2.45) is 0 Å². The number of carbonyl (C=O) groups is 2. The van der Waals surface area contributed by atoms with E-state index >= 15 is 0 Å². The number of para-hydroxylation sites is 2. The Labute approximate surface area is 134 Å². The summed E-state index contributed by atoms with van der Waals surface area (Å²) in [4.78, 5) is 25.8. The first kappa shape index (κ1) is 16.0. The second-order valence-electron chi connectivity index (χ2n) is 4.68. The summed E-state index contributed by atoms with van der Waals surface area (Å²) in [5, 5.41) is 6.16. The van der Waals surface area contributed by atoms with Crippen LogP contribution in [0.2, 0.25) is 0 Å². The molecule has 1 aromatic carbocycles. The number of anilines is 1. The Morgan fingerprint density at radius 3 is 2.73 bits per heavy atom. The molecule has 1 fully saturated rings. The molecule has 1 amide bonds. The zero-order valence-electron chi connectivity index (χ0n) is 12.4. The van der Waals surface area contributed by atoms with E-state index in [0.29, 0.717) is 29.6 Å². The highest BCUT2D eigenvalue weighted by Gasteiger charge is 2.21. The van der Waals surface area contributed by atoms with Crippen molar-refractivity contribution in [1.82, 2.24) is 10.2 Å². The van der Waals surface area contributed by atoms with Gasteiger partial charge in [-0.2, -0.15) is 0 Å². The maximum Gasteiger partial charge on any atom is 0.260 e. The van der Waals surface area contributed by atoms with Gasteiger partial charge in [-0.3, -0.25) is 9.59 Å². The van der Waals surface area contributed by atoms with Crippen LogP contribution in [0.15, 0.2) is 36.0 Å². The van der Waals surface area contributed by atoms with Crippen molar-refractivity contribution in [3.63, 3.8) is 0 Å². The van der Waals surface area contributed by atoms with Gasteiger partial charge >= 0.3 is 0 Å². The van der Waals surface area contributed by atoms with Crippen molar-refractivity contribution in [3.8, 4) is 5.75 Å². The van der Waals surface area contributed by atoms with E-state index in [-0.39, 0.29) is 11.4 Å². The van der Waals surface area contributed by atoms with Crippen molar-refractivity contribution in [2.75, 3.05) is 25.5 Å². The number of nitrogens with one attached hydrogen (secondary N) is 2. The highest BCUT2D eigenvalue weighted by molar-refractivity contribution is 7.80. The second kappa shape index (κ2) is 7.04. The molecular formula is C15H17N3O3S. The Bertz CT molecular complexity index is 643. The first-order valence-electron chi connectivity index (χ1n) is 6.74. The highest BCUT2D eigenvalue weighted by Crippen LogP contribution is 2.23. The van der Waals surface area contributed by atoms with Gasteiger partial charge < -0.3 is 20.3 Å². The van der Waals surface area contributed by atoms with Crippen molar-refractivity contribution < 1.29 is 14.3 Å². The number of nitrogens with zero attached hydrogens (tertiary/aromatic N) is 1. The second-order valence-corrected chi connectivity index (χ2v) is 5.07. The van der Waals surface area contributed by atoms with E-state index in [1.54, 1.807) is 29.2 Å². The first-order valence-corrected chi connectivity index (χ1v) is 7.15. The normalized spacial score (nSPS) is 14.5. The van der Waals surface area contributed by atoms with Crippen LogP contribution < -0.4 is 15.4 Å². The molecule has 1 aromatic rings. The number of methoxy groups -OCH3 is 1. The van der Waals surface area contributed by atoms with Crippen molar-refractivity contribution in [1.29, 1.82) is 0 Å². The van der Waals surface area contributed by atoms with E-state index in [2.05, 4.69) is 10.6 Å². The van der Waals surface area contributed by atoms with Crippen LogP contribution in [-0.4, -0.2) is 41.9 Å². The molecule has 6 nitrogen and oxygen atoms in total. The number of hydrogen-bond donors (Lipinski definition) is 2. The van der Waals surface area contributed by atoms with Crippen LogP contribution in [0.25, 0.3) is 0 Å². The van der Waals surface area contributed by atoms with E-state index in [1.165, 1.54) is 20.2 Å². The van der Waals surface area contributed by atoms with Crippen molar-refractivity contribution in [3.05, 3.63) is 36.0 Å². The van der Waals surface area contributed by atoms with Gasteiger partial charge in [-0.05, 0) is 31.3 Å². The van der Waals surface area contributed by atoms with Crippen LogP contribution in [0.3, 0.4) is 0 Å². The fourth-order valence-corrected chi connectivity index (χ4v) is 2.26. The average Bonchev–Trinajstić information content (AvgIpc) is 2.90. The molecular weight excluding hydrogens is 302 g/mol. The lowest BCUT2D eigenvalue weighted by molar-refractivity contribution is -0.119. The zero-order chi connectivity index (χ0) is 16.1. The maximum atomic E-state index is 12.4. The number of ketones is 1. The molecule has 22 heavy (non-hydrogen) atoms. The zero-order valence-corrected chi connectivity index (χ0v) is 13.2. The first-order chi connectivity index (χ1) is 10.5. The van der Waals surface area contributed by atoms with Crippen molar-refractivity contribution >= 4 is 34.7 Å². The Balaban J connectivity index is 2.22. The summed E-state index contributed by atoms with van der Waals surface area (Å²) in [6, 6.07) is 7.00. The van der Waals surface area contributed by atoms with E-state index < -0.39 is 5.91 Å². The molecule has 2 rings (SSSR count). The topological polar surface area (TPSA) is 70.7 Å². The molecule has 0 aromatic heterocycles. The van der Waals surface area contributed by atoms with Crippen LogP contribution in [0.5, 0.6) is 5.75 Å². The van der Waals surface area contributed by atoms with Gasteiger partial charge in [0.15, 0.2) is 10.9 Å². The molecule has 1 saturated heterocycles. The summed E-state index contributed by atoms with van der Waals surface area (Å²) in [6.45, 7) is 2.66. The largest absolute Gasteiger partial charge is 0.495 e. The molecule has 0 radical (unpaired) electrons. The van der Waals surface area contributed by atoms with Gasteiger partial charge in [-0.1, -0.05) is 12.1 Å². The molecule has 2 N–H and O–H groups in total. The number of hydrogen-bond acceptors (Lipinski definition) is 4. The van der Waals surface area contributed by atoms with Crippen LogP contribution in [0.1, 0.15) is 6.92 Å². The third-order valence-electron chi connectivity index (χ3n) is 3.15. The molecule has 1 aliphatic rings. The van der Waals surface area contributed by atoms with E-state index in [4.69, 9.17) is 17.0 Å². The van der Waals surface area contributed by atoms with Gasteiger partial charge in [0.25, 0.3) is 5.91 Å². The SMILES string of the molecule is COc1ccccc1NC(=O)/C(=C\N1CCNC1=S)C(C)=O. The number of benzene rings is 1. The molecule has 0 spiro atoms. The van der Waals surface area contributed by atoms with Gasteiger partial charge in [0.05, 0.1) is 18.4 Å². The quantitative estimate of drug-likeness (QED) is 0.369. The Morgan fingerprint density at radius 2 is 2.14 bits per heavy atom. The van der Waals surface area contributed by atoms with Crippen LogP contribution in [0.4, 0.5) is 5.69 Å². The summed E-state index contributed by atoms with van der Waals surface area (Å²) in [7, 11) is 1.51. The molecule has 116 valence electrons. The number of carbonyl (C=O) groups excluding carboxylic acids is 2. The average molecular weight is 319 g/mol. The standard InChI is InChI=1S/C15H17N3O3S/c1-10(19)11(9-18-8-7-16-15(18)22)14(20)17-12-5-3-4-6-13(12)21-2/h3-6,9H,7-8H2,1-2H3,(H,16,22)(H,17,20)/b11-9-. The van der Waals surface area contributed by atoms with E-state index in [1.807, 2.05) is 0 Å². The highest BCUT2D eigenvalue weighted by atomic mass is 32.1. The maximum absolute atomic E-state index is 12.4. The summed E-state index contributed by atoms with van der Waals surface area (Å²) in [5.41, 5.74) is 0.543. The predicted octanol–water partition coefficient (Wildman–Crippen LogP) is 1.30. The van der Waals surface area contributed by atoms with Gasteiger partial charge in [-0.25, -0.2) is 0 Å². The third-order valence-corrected chi connectivity index (χ3v) is 3.53. The Kier molecular flexibility index (Phi) is 5.11. The van der Waals surface area contributed by atoms with Crippen LogP contribution >= 0.6 is 12.2 Å². The van der Waals surface area contributed by atoms with Crippen LogP contribution in [0, 0.1) is 0 Å². The molecule has 1 aliphatic heterocycles. The van der Waals surface area contributed by atoms with Gasteiger partial charge in [-0.15, -0.1) is 0 Å². The number of thiocarbonyl (C=S) groups is 1.